The quantitative estimate of drug-likeness (QED) is 0.903. The SMILES string of the molecule is C=C(NCC1(c2ccccc2)CCCCC1)N1CCOCC1. The Kier molecular flexibility index (Phi) is 5.04. The average molecular weight is 300 g/mol. The molecule has 3 heteroatoms. The zero-order valence-electron chi connectivity index (χ0n) is 13.5. The van der Waals surface area contributed by atoms with Gasteiger partial charge in [-0.25, -0.2) is 0 Å². The fraction of sp³-hybridized carbons (Fsp3) is 0.579. The second-order valence-corrected chi connectivity index (χ2v) is 6.61. The van der Waals surface area contributed by atoms with Gasteiger partial charge in [-0.1, -0.05) is 56.2 Å². The molecular weight excluding hydrogens is 272 g/mol. The molecular formula is C19H28N2O. The van der Waals surface area contributed by atoms with E-state index in [1.165, 1.54) is 37.7 Å². The van der Waals surface area contributed by atoms with E-state index in [0.717, 1.165) is 38.7 Å². The summed E-state index contributed by atoms with van der Waals surface area (Å²) in [6, 6.07) is 11.0. The molecule has 1 aromatic carbocycles. The van der Waals surface area contributed by atoms with Gasteiger partial charge >= 0.3 is 0 Å². The van der Waals surface area contributed by atoms with Gasteiger partial charge in [-0.2, -0.15) is 0 Å². The summed E-state index contributed by atoms with van der Waals surface area (Å²) in [5.41, 5.74) is 1.76. The lowest BCUT2D eigenvalue weighted by Gasteiger charge is -2.40. The summed E-state index contributed by atoms with van der Waals surface area (Å²) < 4.78 is 5.42. The monoisotopic (exact) mass is 300 g/mol. The van der Waals surface area contributed by atoms with Crippen molar-refractivity contribution in [3.63, 3.8) is 0 Å². The molecule has 22 heavy (non-hydrogen) atoms. The Morgan fingerprint density at radius 3 is 2.45 bits per heavy atom. The van der Waals surface area contributed by atoms with Gasteiger partial charge in [0.25, 0.3) is 0 Å². The maximum atomic E-state index is 5.42. The van der Waals surface area contributed by atoms with E-state index in [4.69, 9.17) is 4.74 Å². The molecule has 0 radical (unpaired) electrons. The van der Waals surface area contributed by atoms with Gasteiger partial charge in [-0.15, -0.1) is 0 Å². The molecule has 1 saturated carbocycles. The lowest BCUT2D eigenvalue weighted by atomic mass is 9.69. The van der Waals surface area contributed by atoms with Gasteiger partial charge in [0.1, 0.15) is 0 Å². The lowest BCUT2D eigenvalue weighted by molar-refractivity contribution is 0.0499. The summed E-state index contributed by atoms with van der Waals surface area (Å²) in [5.74, 6) is 1.06. The Labute approximate surface area is 134 Å². The summed E-state index contributed by atoms with van der Waals surface area (Å²) in [5, 5.41) is 3.64. The number of hydrogen-bond acceptors (Lipinski definition) is 3. The fourth-order valence-corrected chi connectivity index (χ4v) is 3.80. The van der Waals surface area contributed by atoms with Crippen LogP contribution in [-0.4, -0.2) is 37.7 Å². The van der Waals surface area contributed by atoms with E-state index in [-0.39, 0.29) is 5.41 Å². The van der Waals surface area contributed by atoms with Gasteiger partial charge in [0.2, 0.25) is 0 Å². The van der Waals surface area contributed by atoms with Crippen LogP contribution in [0.3, 0.4) is 0 Å². The highest BCUT2D eigenvalue weighted by atomic mass is 16.5. The van der Waals surface area contributed by atoms with Crippen LogP contribution in [0, 0.1) is 0 Å². The third kappa shape index (κ3) is 3.46. The van der Waals surface area contributed by atoms with Gasteiger partial charge in [-0.05, 0) is 18.4 Å². The molecule has 0 amide bonds. The van der Waals surface area contributed by atoms with Crippen LogP contribution in [0.15, 0.2) is 42.7 Å². The van der Waals surface area contributed by atoms with E-state index < -0.39 is 0 Å². The smallest absolute Gasteiger partial charge is 0.0940 e. The second kappa shape index (κ2) is 7.19. The van der Waals surface area contributed by atoms with Gasteiger partial charge in [-0.3, -0.25) is 0 Å². The Hall–Kier alpha value is -1.48. The molecule has 0 aromatic heterocycles. The van der Waals surface area contributed by atoms with Crippen LogP contribution in [0.25, 0.3) is 0 Å². The molecule has 0 atom stereocenters. The summed E-state index contributed by atoms with van der Waals surface area (Å²) in [6.07, 6.45) is 6.60. The van der Waals surface area contributed by atoms with Gasteiger partial charge < -0.3 is 15.0 Å². The van der Waals surface area contributed by atoms with E-state index in [9.17, 15) is 0 Å². The van der Waals surface area contributed by atoms with Crippen molar-refractivity contribution in [2.45, 2.75) is 37.5 Å². The minimum atomic E-state index is 0.273. The Bertz CT molecular complexity index is 473. The molecule has 1 aliphatic heterocycles. The van der Waals surface area contributed by atoms with Crippen molar-refractivity contribution >= 4 is 0 Å². The third-order valence-corrected chi connectivity index (χ3v) is 5.22. The summed E-state index contributed by atoms with van der Waals surface area (Å²) in [4.78, 5) is 2.31. The van der Waals surface area contributed by atoms with E-state index in [2.05, 4.69) is 47.1 Å². The molecule has 1 aromatic rings. The van der Waals surface area contributed by atoms with Crippen molar-refractivity contribution in [2.75, 3.05) is 32.8 Å². The first kappa shape index (κ1) is 15.4. The second-order valence-electron chi connectivity index (χ2n) is 6.61. The molecule has 1 N–H and O–H groups in total. The minimum absolute atomic E-state index is 0.273. The van der Waals surface area contributed by atoms with Crippen LogP contribution in [0.4, 0.5) is 0 Å². The van der Waals surface area contributed by atoms with Crippen LogP contribution in [-0.2, 0) is 10.2 Å². The number of nitrogens with one attached hydrogen (secondary N) is 1. The maximum Gasteiger partial charge on any atom is 0.0940 e. The molecule has 2 fully saturated rings. The molecule has 1 heterocycles. The van der Waals surface area contributed by atoms with Crippen LogP contribution in [0.5, 0.6) is 0 Å². The lowest BCUT2D eigenvalue weighted by Crippen LogP contribution is -2.45. The number of rotatable bonds is 5. The van der Waals surface area contributed by atoms with Crippen LogP contribution >= 0.6 is 0 Å². The number of hydrogen-bond donors (Lipinski definition) is 1. The van der Waals surface area contributed by atoms with Crippen LogP contribution < -0.4 is 5.32 Å². The van der Waals surface area contributed by atoms with E-state index >= 15 is 0 Å². The van der Waals surface area contributed by atoms with Gasteiger partial charge in [0.15, 0.2) is 0 Å². The third-order valence-electron chi connectivity index (χ3n) is 5.22. The average Bonchev–Trinajstić information content (AvgIpc) is 2.62. The maximum absolute atomic E-state index is 5.42. The number of morpholine rings is 1. The first-order chi connectivity index (χ1) is 10.8. The fourth-order valence-electron chi connectivity index (χ4n) is 3.80. The Morgan fingerprint density at radius 2 is 1.77 bits per heavy atom. The van der Waals surface area contributed by atoms with Crippen molar-refractivity contribution in [3.8, 4) is 0 Å². The minimum Gasteiger partial charge on any atom is -0.378 e. The van der Waals surface area contributed by atoms with E-state index in [1.807, 2.05) is 0 Å². The van der Waals surface area contributed by atoms with E-state index in [0.29, 0.717) is 0 Å². The highest BCUT2D eigenvalue weighted by Gasteiger charge is 2.33. The topological polar surface area (TPSA) is 24.5 Å². The number of nitrogens with zero attached hydrogens (tertiary/aromatic N) is 1. The first-order valence-electron chi connectivity index (χ1n) is 8.61. The van der Waals surface area contributed by atoms with Gasteiger partial charge in [0, 0.05) is 25.0 Å². The summed E-state index contributed by atoms with van der Waals surface area (Å²) in [6.45, 7) is 8.76. The zero-order chi connectivity index (χ0) is 15.3. The molecule has 2 aliphatic rings. The van der Waals surface area contributed by atoms with Crippen molar-refractivity contribution < 1.29 is 4.74 Å². The standard InChI is InChI=1S/C19H28N2O/c1-17(21-12-14-22-15-13-21)20-16-19(10-6-3-7-11-19)18-8-4-2-5-9-18/h2,4-5,8-9,20H,1,3,6-7,10-16H2. The van der Waals surface area contributed by atoms with Crippen molar-refractivity contribution in [1.29, 1.82) is 0 Å². The van der Waals surface area contributed by atoms with Crippen molar-refractivity contribution in [3.05, 3.63) is 48.3 Å². The van der Waals surface area contributed by atoms with Crippen LogP contribution in [0.2, 0.25) is 0 Å². The number of benzene rings is 1. The molecule has 3 rings (SSSR count). The first-order valence-corrected chi connectivity index (χ1v) is 8.61. The highest BCUT2D eigenvalue weighted by molar-refractivity contribution is 5.27. The largest absolute Gasteiger partial charge is 0.378 e. The van der Waals surface area contributed by atoms with Crippen molar-refractivity contribution in [1.82, 2.24) is 10.2 Å². The Balaban J connectivity index is 1.67. The van der Waals surface area contributed by atoms with E-state index in [1.54, 1.807) is 0 Å². The zero-order valence-corrected chi connectivity index (χ0v) is 13.5. The molecule has 3 nitrogen and oxygen atoms in total. The molecule has 1 saturated heterocycles. The molecule has 0 bridgehead atoms. The molecule has 120 valence electrons. The Morgan fingerprint density at radius 1 is 1.09 bits per heavy atom. The molecule has 0 unspecified atom stereocenters. The highest BCUT2D eigenvalue weighted by Crippen LogP contribution is 2.39. The molecule has 0 spiro atoms. The molecule has 1 aliphatic carbocycles. The number of ether oxygens (including phenoxy) is 1. The van der Waals surface area contributed by atoms with Gasteiger partial charge in [0.05, 0.1) is 19.0 Å². The van der Waals surface area contributed by atoms with Crippen molar-refractivity contribution in [2.24, 2.45) is 0 Å². The normalized spacial score (nSPS) is 21.4. The predicted molar refractivity (Wildman–Crippen MR) is 90.7 cm³/mol. The predicted octanol–water partition coefficient (Wildman–Crippen LogP) is 3.28. The summed E-state index contributed by atoms with van der Waals surface area (Å²) in [7, 11) is 0. The van der Waals surface area contributed by atoms with Crippen LogP contribution in [0.1, 0.15) is 37.7 Å². The summed E-state index contributed by atoms with van der Waals surface area (Å²) >= 11 is 0.